The van der Waals surface area contributed by atoms with Crippen LogP contribution in [0.4, 0.5) is 10.8 Å². The first-order valence-corrected chi connectivity index (χ1v) is 10.9. The van der Waals surface area contributed by atoms with Gasteiger partial charge < -0.3 is 20.2 Å². The molecule has 0 bridgehead atoms. The third-order valence-corrected chi connectivity index (χ3v) is 6.11. The molecule has 0 saturated heterocycles. The van der Waals surface area contributed by atoms with Crippen molar-refractivity contribution in [2.75, 3.05) is 5.32 Å². The average Bonchev–Trinajstić information content (AvgIpc) is 3.21. The van der Waals surface area contributed by atoms with Gasteiger partial charge in [-0.25, -0.2) is 4.79 Å². The van der Waals surface area contributed by atoms with Crippen molar-refractivity contribution in [3.8, 4) is 0 Å². The van der Waals surface area contributed by atoms with E-state index in [9.17, 15) is 19.7 Å². The van der Waals surface area contributed by atoms with Gasteiger partial charge in [-0.1, -0.05) is 0 Å². The fourth-order valence-electron chi connectivity index (χ4n) is 3.53. The molecular formula is C20H26N4O5S. The van der Waals surface area contributed by atoms with Crippen LogP contribution >= 0.6 is 11.3 Å². The van der Waals surface area contributed by atoms with Crippen LogP contribution in [0.1, 0.15) is 66.0 Å². The molecule has 0 spiro atoms. The number of nitrogens with zero attached hydrogens (tertiary/aromatic N) is 3. The molecule has 0 unspecified atom stereocenters. The molecule has 10 heteroatoms. The van der Waals surface area contributed by atoms with E-state index in [-0.39, 0.29) is 30.2 Å². The minimum Gasteiger partial charge on any atom is -0.459 e. The van der Waals surface area contributed by atoms with Crippen LogP contribution < -0.4 is 5.32 Å². The molecule has 0 aromatic carbocycles. The lowest BCUT2D eigenvalue weighted by molar-refractivity contribution is -0.389. The Balaban J connectivity index is 1.65. The van der Waals surface area contributed by atoms with Crippen molar-refractivity contribution >= 4 is 34.0 Å². The molecule has 1 amide bonds. The summed E-state index contributed by atoms with van der Waals surface area (Å²) in [5.41, 5.74) is 2.17. The van der Waals surface area contributed by atoms with Crippen LogP contribution in [0.15, 0.2) is 6.07 Å². The zero-order chi connectivity index (χ0) is 21.8. The molecule has 9 nitrogen and oxygen atoms in total. The van der Waals surface area contributed by atoms with Crippen molar-refractivity contribution in [2.24, 2.45) is 0 Å². The first kappa shape index (κ1) is 21.9. The van der Waals surface area contributed by atoms with E-state index in [0.717, 1.165) is 36.1 Å². The third kappa shape index (κ3) is 5.05. The van der Waals surface area contributed by atoms with Crippen LogP contribution in [-0.4, -0.2) is 32.7 Å². The van der Waals surface area contributed by atoms with E-state index < -0.39 is 4.92 Å². The topological polar surface area (TPSA) is 116 Å². The molecule has 2 aromatic heterocycles. The number of aromatic nitrogens is 2. The monoisotopic (exact) mass is 434 g/mol. The van der Waals surface area contributed by atoms with E-state index >= 15 is 0 Å². The second kappa shape index (κ2) is 9.38. The number of amides is 1. The summed E-state index contributed by atoms with van der Waals surface area (Å²) in [5, 5.41) is 18.2. The Kier molecular flexibility index (Phi) is 6.86. The number of aryl methyl sites for hydroxylation is 3. The van der Waals surface area contributed by atoms with Gasteiger partial charge in [-0.2, -0.15) is 4.68 Å². The normalized spacial score (nSPS) is 13.2. The number of hydrogen-bond donors (Lipinski definition) is 1. The van der Waals surface area contributed by atoms with Crippen molar-refractivity contribution < 1.29 is 19.2 Å². The number of anilines is 1. The van der Waals surface area contributed by atoms with Crippen molar-refractivity contribution in [1.82, 2.24) is 9.78 Å². The number of thiophene rings is 1. The standard InChI is InChI=1S/C20H26N4O5S/c1-12(2)29-20(26)18-14-7-4-5-8-15(14)30-19(18)21-17(25)9-6-10-23-13(3)11-16(22-23)24(27)28/h11-12H,4-10H2,1-3H3,(H,21,25). The van der Waals surface area contributed by atoms with E-state index in [4.69, 9.17) is 4.74 Å². The Labute approximate surface area is 178 Å². The van der Waals surface area contributed by atoms with Crippen molar-refractivity contribution in [2.45, 2.75) is 71.9 Å². The zero-order valence-electron chi connectivity index (χ0n) is 17.4. The number of fused-ring (bicyclic) bond motifs is 1. The lowest BCUT2D eigenvalue weighted by Crippen LogP contribution is -2.18. The first-order chi connectivity index (χ1) is 14.3. The molecule has 0 saturated carbocycles. The summed E-state index contributed by atoms with van der Waals surface area (Å²) in [4.78, 5) is 36.6. The van der Waals surface area contributed by atoms with Gasteiger partial charge in [0.05, 0.1) is 35.1 Å². The van der Waals surface area contributed by atoms with Gasteiger partial charge in [0, 0.05) is 11.3 Å². The van der Waals surface area contributed by atoms with Crippen molar-refractivity contribution in [3.05, 3.63) is 37.9 Å². The highest BCUT2D eigenvalue weighted by atomic mass is 32.1. The molecule has 0 fully saturated rings. The van der Waals surface area contributed by atoms with E-state index in [0.29, 0.717) is 29.2 Å². The minimum atomic E-state index is -0.535. The molecule has 1 aliphatic carbocycles. The summed E-state index contributed by atoms with van der Waals surface area (Å²) in [7, 11) is 0. The van der Waals surface area contributed by atoms with E-state index in [1.165, 1.54) is 22.1 Å². The van der Waals surface area contributed by atoms with Gasteiger partial charge in [0.1, 0.15) is 5.00 Å². The highest BCUT2D eigenvalue weighted by Gasteiger charge is 2.27. The van der Waals surface area contributed by atoms with Gasteiger partial charge in [0.15, 0.2) is 0 Å². The Morgan fingerprint density at radius 3 is 2.77 bits per heavy atom. The third-order valence-electron chi connectivity index (χ3n) is 4.90. The zero-order valence-corrected chi connectivity index (χ0v) is 18.2. The molecule has 0 radical (unpaired) electrons. The van der Waals surface area contributed by atoms with Gasteiger partial charge in [-0.3, -0.25) is 4.79 Å². The van der Waals surface area contributed by atoms with E-state index in [1.807, 2.05) is 0 Å². The summed E-state index contributed by atoms with van der Waals surface area (Å²) in [6, 6.07) is 1.41. The quantitative estimate of drug-likeness (QED) is 0.381. The second-order valence-electron chi connectivity index (χ2n) is 7.64. The summed E-state index contributed by atoms with van der Waals surface area (Å²) in [6.07, 6.45) is 4.29. The molecular weight excluding hydrogens is 408 g/mol. The maximum atomic E-state index is 12.7. The Bertz CT molecular complexity index is 963. The molecule has 2 aromatic rings. The van der Waals surface area contributed by atoms with Crippen LogP contribution in [0.3, 0.4) is 0 Å². The van der Waals surface area contributed by atoms with Crippen molar-refractivity contribution in [3.63, 3.8) is 0 Å². The number of carbonyl (C=O) groups excluding carboxylic acids is 2. The first-order valence-electron chi connectivity index (χ1n) is 10.1. The number of nitrogens with one attached hydrogen (secondary N) is 1. The number of esters is 1. The Morgan fingerprint density at radius 2 is 2.10 bits per heavy atom. The number of ether oxygens (including phenoxy) is 1. The summed E-state index contributed by atoms with van der Waals surface area (Å²) >= 11 is 1.46. The van der Waals surface area contributed by atoms with Gasteiger partial charge in [-0.05, 0) is 63.4 Å². The predicted octanol–water partition coefficient (Wildman–Crippen LogP) is 4.02. The molecule has 0 atom stereocenters. The molecule has 162 valence electrons. The SMILES string of the molecule is Cc1cc([N+](=O)[O-])nn1CCCC(=O)Nc1sc2c(c1C(=O)OC(C)C)CCCC2. The highest BCUT2D eigenvalue weighted by Crippen LogP contribution is 2.38. The minimum absolute atomic E-state index is 0.200. The number of nitro groups is 1. The Hall–Kier alpha value is -2.75. The van der Waals surface area contributed by atoms with Crippen LogP contribution in [0.2, 0.25) is 0 Å². The van der Waals surface area contributed by atoms with Gasteiger partial charge >= 0.3 is 11.8 Å². The molecule has 30 heavy (non-hydrogen) atoms. The van der Waals surface area contributed by atoms with E-state index in [2.05, 4.69) is 10.4 Å². The summed E-state index contributed by atoms with van der Waals surface area (Å²) in [5.74, 6) is -0.792. The predicted molar refractivity (Wildman–Crippen MR) is 113 cm³/mol. The van der Waals surface area contributed by atoms with Crippen molar-refractivity contribution in [1.29, 1.82) is 0 Å². The molecule has 0 aliphatic heterocycles. The molecule has 1 N–H and O–H groups in total. The van der Waals surface area contributed by atoms with Gasteiger partial charge in [0.25, 0.3) is 0 Å². The fraction of sp³-hybridized carbons (Fsp3) is 0.550. The Morgan fingerprint density at radius 1 is 1.37 bits per heavy atom. The van der Waals surface area contributed by atoms with Crippen LogP contribution in [0.5, 0.6) is 0 Å². The van der Waals surface area contributed by atoms with Crippen LogP contribution in [-0.2, 0) is 28.9 Å². The molecule has 1 aliphatic rings. The number of rotatable bonds is 8. The highest BCUT2D eigenvalue weighted by molar-refractivity contribution is 7.17. The van der Waals surface area contributed by atoms with Gasteiger partial charge in [-0.15, -0.1) is 11.3 Å². The van der Waals surface area contributed by atoms with Gasteiger partial charge in [0.2, 0.25) is 5.91 Å². The lowest BCUT2D eigenvalue weighted by atomic mass is 9.95. The molecule has 3 rings (SSSR count). The van der Waals surface area contributed by atoms with E-state index in [1.54, 1.807) is 20.8 Å². The largest absolute Gasteiger partial charge is 0.459 e. The lowest BCUT2D eigenvalue weighted by Gasteiger charge is -2.14. The van der Waals surface area contributed by atoms with Crippen LogP contribution in [0, 0.1) is 17.0 Å². The van der Waals surface area contributed by atoms with Crippen LogP contribution in [0.25, 0.3) is 0 Å². The molecule has 2 heterocycles. The number of hydrogen-bond acceptors (Lipinski definition) is 7. The smallest absolute Gasteiger partial charge is 0.390 e. The number of carbonyl (C=O) groups is 2. The summed E-state index contributed by atoms with van der Waals surface area (Å²) in [6.45, 7) is 5.74. The maximum Gasteiger partial charge on any atom is 0.390 e. The maximum absolute atomic E-state index is 12.7. The average molecular weight is 435 g/mol. The summed E-state index contributed by atoms with van der Waals surface area (Å²) < 4.78 is 6.93. The second-order valence-corrected chi connectivity index (χ2v) is 8.75. The fourth-order valence-corrected chi connectivity index (χ4v) is 4.82.